The van der Waals surface area contributed by atoms with E-state index in [1.54, 1.807) is 0 Å². The zero-order chi connectivity index (χ0) is 11.8. The topological polar surface area (TPSA) is 17.1 Å². The van der Waals surface area contributed by atoms with E-state index in [1.807, 2.05) is 6.08 Å². The standard InChI is InChI=1S/C15H22O/c1-4-12(2)10-15-8-5-7-14(3,11-15)9-6-13(15)16/h6,9H,2,4-5,7-8,10-11H2,1,3H3. The van der Waals surface area contributed by atoms with E-state index in [-0.39, 0.29) is 10.8 Å². The normalized spacial score (nSPS) is 37.5. The van der Waals surface area contributed by atoms with Gasteiger partial charge < -0.3 is 0 Å². The minimum absolute atomic E-state index is 0.102. The predicted octanol–water partition coefficient (Wildman–Crippen LogP) is 4.05. The molecule has 0 aromatic carbocycles. The Bertz CT molecular complexity index is 352. The molecule has 0 spiro atoms. The van der Waals surface area contributed by atoms with Crippen LogP contribution in [0.25, 0.3) is 0 Å². The molecule has 2 bridgehead atoms. The van der Waals surface area contributed by atoms with Crippen LogP contribution in [0, 0.1) is 10.8 Å². The van der Waals surface area contributed by atoms with E-state index in [0.29, 0.717) is 5.78 Å². The van der Waals surface area contributed by atoms with Gasteiger partial charge in [0.1, 0.15) is 0 Å². The first-order valence-electron chi connectivity index (χ1n) is 6.40. The number of fused-ring (bicyclic) bond motifs is 2. The van der Waals surface area contributed by atoms with Gasteiger partial charge in [-0.3, -0.25) is 4.79 Å². The Kier molecular flexibility index (Phi) is 2.81. The smallest absolute Gasteiger partial charge is 0.161 e. The molecule has 0 aliphatic heterocycles. The van der Waals surface area contributed by atoms with Gasteiger partial charge in [0.25, 0.3) is 0 Å². The highest BCUT2D eigenvalue weighted by Crippen LogP contribution is 2.53. The van der Waals surface area contributed by atoms with Gasteiger partial charge in [-0.2, -0.15) is 0 Å². The van der Waals surface area contributed by atoms with Gasteiger partial charge in [-0.25, -0.2) is 0 Å². The fourth-order valence-corrected chi connectivity index (χ4v) is 3.43. The van der Waals surface area contributed by atoms with E-state index < -0.39 is 0 Å². The summed E-state index contributed by atoms with van der Waals surface area (Å²) in [4.78, 5) is 12.2. The third-order valence-corrected chi connectivity index (χ3v) is 4.39. The van der Waals surface area contributed by atoms with E-state index in [4.69, 9.17) is 0 Å². The first kappa shape index (κ1) is 11.6. The number of rotatable bonds is 3. The fourth-order valence-electron chi connectivity index (χ4n) is 3.43. The SMILES string of the molecule is C=C(CC)CC12CCCC(C)(C=CC1=O)C2. The first-order chi connectivity index (χ1) is 7.50. The molecule has 1 saturated carbocycles. The Morgan fingerprint density at radius 2 is 2.25 bits per heavy atom. The lowest BCUT2D eigenvalue weighted by molar-refractivity contribution is -0.128. The Morgan fingerprint density at radius 1 is 1.50 bits per heavy atom. The first-order valence-corrected chi connectivity index (χ1v) is 6.40. The molecule has 1 nitrogen and oxygen atoms in total. The third kappa shape index (κ3) is 1.88. The van der Waals surface area contributed by atoms with Gasteiger partial charge in [-0.15, -0.1) is 0 Å². The molecule has 16 heavy (non-hydrogen) atoms. The maximum atomic E-state index is 12.2. The molecule has 2 atom stereocenters. The monoisotopic (exact) mass is 218 g/mol. The van der Waals surface area contributed by atoms with Gasteiger partial charge >= 0.3 is 0 Å². The molecule has 2 aliphatic rings. The lowest BCUT2D eigenvalue weighted by atomic mass is 9.56. The van der Waals surface area contributed by atoms with Gasteiger partial charge in [-0.1, -0.05) is 38.5 Å². The van der Waals surface area contributed by atoms with Crippen molar-refractivity contribution in [1.29, 1.82) is 0 Å². The lowest BCUT2D eigenvalue weighted by Gasteiger charge is -2.47. The minimum atomic E-state index is -0.102. The van der Waals surface area contributed by atoms with Crippen molar-refractivity contribution in [2.75, 3.05) is 0 Å². The van der Waals surface area contributed by atoms with Gasteiger partial charge in [0.05, 0.1) is 0 Å². The second kappa shape index (κ2) is 3.87. The second-order valence-electron chi connectivity index (χ2n) is 5.94. The van der Waals surface area contributed by atoms with Crippen molar-refractivity contribution in [3.8, 4) is 0 Å². The zero-order valence-corrected chi connectivity index (χ0v) is 10.5. The van der Waals surface area contributed by atoms with E-state index in [9.17, 15) is 4.79 Å². The third-order valence-electron chi connectivity index (χ3n) is 4.39. The van der Waals surface area contributed by atoms with Crippen molar-refractivity contribution in [2.45, 2.75) is 52.4 Å². The van der Waals surface area contributed by atoms with Crippen LogP contribution in [0.4, 0.5) is 0 Å². The molecule has 0 heterocycles. The summed E-state index contributed by atoms with van der Waals surface area (Å²) < 4.78 is 0. The number of carbonyl (C=O) groups excluding carboxylic acids is 1. The highest BCUT2D eigenvalue weighted by atomic mass is 16.1. The molecule has 0 saturated heterocycles. The van der Waals surface area contributed by atoms with Crippen LogP contribution in [0.2, 0.25) is 0 Å². The van der Waals surface area contributed by atoms with E-state index in [0.717, 1.165) is 25.7 Å². The molecular formula is C15H22O. The van der Waals surface area contributed by atoms with Crippen LogP contribution in [0.15, 0.2) is 24.3 Å². The summed E-state index contributed by atoms with van der Waals surface area (Å²) in [5.41, 5.74) is 1.39. The fraction of sp³-hybridized carbons (Fsp3) is 0.667. The molecule has 0 amide bonds. The van der Waals surface area contributed by atoms with Gasteiger partial charge in [0, 0.05) is 5.41 Å². The summed E-state index contributed by atoms with van der Waals surface area (Å²) in [6, 6.07) is 0. The molecule has 0 N–H and O–H groups in total. The van der Waals surface area contributed by atoms with Gasteiger partial charge in [0.15, 0.2) is 5.78 Å². The van der Waals surface area contributed by atoms with Crippen LogP contribution in [-0.2, 0) is 4.79 Å². The summed E-state index contributed by atoms with van der Waals surface area (Å²) in [5.74, 6) is 0.347. The van der Waals surface area contributed by atoms with Crippen molar-refractivity contribution in [1.82, 2.24) is 0 Å². The molecule has 0 aromatic rings. The Morgan fingerprint density at radius 3 is 2.94 bits per heavy atom. The van der Waals surface area contributed by atoms with Crippen LogP contribution in [0.3, 0.4) is 0 Å². The van der Waals surface area contributed by atoms with E-state index in [2.05, 4.69) is 26.5 Å². The Labute approximate surface area is 98.6 Å². The van der Waals surface area contributed by atoms with Crippen LogP contribution in [0.5, 0.6) is 0 Å². The molecular weight excluding hydrogens is 196 g/mol. The molecule has 1 heteroatoms. The van der Waals surface area contributed by atoms with Crippen molar-refractivity contribution in [2.24, 2.45) is 10.8 Å². The molecule has 2 unspecified atom stereocenters. The highest BCUT2D eigenvalue weighted by Gasteiger charge is 2.47. The van der Waals surface area contributed by atoms with Crippen molar-refractivity contribution in [3.63, 3.8) is 0 Å². The quantitative estimate of drug-likeness (QED) is 0.653. The Hall–Kier alpha value is -0.850. The van der Waals surface area contributed by atoms with Crippen molar-refractivity contribution >= 4 is 5.78 Å². The van der Waals surface area contributed by atoms with Crippen LogP contribution >= 0.6 is 0 Å². The zero-order valence-electron chi connectivity index (χ0n) is 10.5. The van der Waals surface area contributed by atoms with Gasteiger partial charge in [0.2, 0.25) is 0 Å². The van der Waals surface area contributed by atoms with E-state index >= 15 is 0 Å². The maximum absolute atomic E-state index is 12.2. The maximum Gasteiger partial charge on any atom is 0.161 e. The number of hydrogen-bond donors (Lipinski definition) is 0. The number of hydrogen-bond acceptors (Lipinski definition) is 1. The summed E-state index contributed by atoms with van der Waals surface area (Å²) in [5, 5.41) is 0. The summed E-state index contributed by atoms with van der Waals surface area (Å²) >= 11 is 0. The molecule has 88 valence electrons. The second-order valence-corrected chi connectivity index (χ2v) is 5.94. The number of ketones is 1. The summed E-state index contributed by atoms with van der Waals surface area (Å²) in [7, 11) is 0. The Balaban J connectivity index is 2.28. The molecule has 1 fully saturated rings. The molecule has 0 radical (unpaired) electrons. The average Bonchev–Trinajstić information content (AvgIpc) is 2.24. The number of carbonyl (C=O) groups is 1. The van der Waals surface area contributed by atoms with E-state index in [1.165, 1.54) is 18.4 Å². The van der Waals surface area contributed by atoms with Gasteiger partial charge in [-0.05, 0) is 43.6 Å². The largest absolute Gasteiger partial charge is 0.294 e. The highest BCUT2D eigenvalue weighted by molar-refractivity contribution is 5.96. The van der Waals surface area contributed by atoms with Crippen LogP contribution in [0.1, 0.15) is 52.4 Å². The summed E-state index contributed by atoms with van der Waals surface area (Å²) in [6.45, 7) is 8.51. The summed E-state index contributed by atoms with van der Waals surface area (Å²) in [6.07, 6.45) is 10.4. The predicted molar refractivity (Wildman–Crippen MR) is 67.2 cm³/mol. The molecule has 2 aliphatic carbocycles. The molecule has 2 rings (SSSR count). The number of allylic oxidation sites excluding steroid dienone is 3. The van der Waals surface area contributed by atoms with Crippen LogP contribution < -0.4 is 0 Å². The van der Waals surface area contributed by atoms with Crippen LogP contribution in [-0.4, -0.2) is 5.78 Å². The van der Waals surface area contributed by atoms with Crippen molar-refractivity contribution in [3.05, 3.63) is 24.3 Å². The molecule has 0 aromatic heterocycles. The average molecular weight is 218 g/mol. The van der Waals surface area contributed by atoms with Crippen molar-refractivity contribution < 1.29 is 4.79 Å². The minimum Gasteiger partial charge on any atom is -0.294 e. The lowest BCUT2D eigenvalue weighted by Crippen LogP contribution is -2.42.